The Morgan fingerprint density at radius 1 is 0.875 bits per heavy atom. The maximum absolute atomic E-state index is 6.21. The van der Waals surface area contributed by atoms with Crippen molar-refractivity contribution in [3.05, 3.63) is 71.3 Å². The quantitative estimate of drug-likeness (QED) is 0.754. The van der Waals surface area contributed by atoms with Crippen molar-refractivity contribution in [1.82, 2.24) is 4.90 Å². The third kappa shape index (κ3) is 3.77. The molecule has 0 N–H and O–H groups in total. The van der Waals surface area contributed by atoms with E-state index in [0.29, 0.717) is 6.10 Å². The van der Waals surface area contributed by atoms with Crippen molar-refractivity contribution in [2.45, 2.75) is 25.6 Å². The molecule has 2 nitrogen and oxygen atoms in total. The second kappa shape index (κ2) is 7.33. The molecule has 24 heavy (non-hydrogen) atoms. The molecule has 2 bridgehead atoms. The summed E-state index contributed by atoms with van der Waals surface area (Å²) in [5.41, 5.74) is 3.72. The van der Waals surface area contributed by atoms with Gasteiger partial charge in [0.25, 0.3) is 0 Å². The Balaban J connectivity index is 1.32. The highest BCUT2D eigenvalue weighted by Crippen LogP contribution is 2.30. The van der Waals surface area contributed by atoms with Crippen LogP contribution in [0.3, 0.4) is 0 Å². The van der Waals surface area contributed by atoms with Crippen LogP contribution < -0.4 is 0 Å². The summed E-state index contributed by atoms with van der Waals surface area (Å²) >= 11 is 0. The maximum Gasteiger partial charge on any atom is 0.0735 e. The SMILES string of the molecule is C(=Cc1ccc(COC2CN3CCC2CC3)cc1)c1ccccc1. The summed E-state index contributed by atoms with van der Waals surface area (Å²) in [6, 6.07) is 19.1. The van der Waals surface area contributed by atoms with Crippen molar-refractivity contribution >= 4 is 12.2 Å². The lowest BCUT2D eigenvalue weighted by atomic mass is 9.86. The van der Waals surface area contributed by atoms with E-state index in [1.54, 1.807) is 0 Å². The van der Waals surface area contributed by atoms with Crippen molar-refractivity contribution in [3.63, 3.8) is 0 Å². The molecule has 0 saturated carbocycles. The number of nitrogens with zero attached hydrogens (tertiary/aromatic N) is 1. The minimum Gasteiger partial charge on any atom is -0.372 e. The van der Waals surface area contributed by atoms with Gasteiger partial charge in [-0.2, -0.15) is 0 Å². The van der Waals surface area contributed by atoms with Gasteiger partial charge in [-0.3, -0.25) is 0 Å². The molecule has 3 aliphatic rings. The summed E-state index contributed by atoms with van der Waals surface area (Å²) < 4.78 is 6.21. The first-order valence-corrected chi connectivity index (χ1v) is 9.03. The third-order valence-corrected chi connectivity index (χ3v) is 5.31. The van der Waals surface area contributed by atoms with Crippen molar-refractivity contribution < 1.29 is 4.74 Å². The lowest BCUT2D eigenvalue weighted by molar-refractivity contribution is -0.0765. The Bertz CT molecular complexity index is 669. The Morgan fingerprint density at radius 2 is 1.54 bits per heavy atom. The predicted molar refractivity (Wildman–Crippen MR) is 99.6 cm³/mol. The Hall–Kier alpha value is -1.90. The summed E-state index contributed by atoms with van der Waals surface area (Å²) in [4.78, 5) is 2.54. The molecular formula is C22H25NO. The van der Waals surface area contributed by atoms with E-state index in [2.05, 4.69) is 65.6 Å². The van der Waals surface area contributed by atoms with E-state index in [1.807, 2.05) is 6.07 Å². The van der Waals surface area contributed by atoms with Crippen LogP contribution in [0.2, 0.25) is 0 Å². The van der Waals surface area contributed by atoms with Crippen LogP contribution in [0.5, 0.6) is 0 Å². The number of hydrogen-bond acceptors (Lipinski definition) is 2. The Morgan fingerprint density at radius 3 is 2.17 bits per heavy atom. The topological polar surface area (TPSA) is 12.5 Å². The van der Waals surface area contributed by atoms with Gasteiger partial charge >= 0.3 is 0 Å². The van der Waals surface area contributed by atoms with Gasteiger partial charge in [-0.05, 0) is 48.5 Å². The van der Waals surface area contributed by atoms with Crippen LogP contribution in [0.4, 0.5) is 0 Å². The van der Waals surface area contributed by atoms with E-state index < -0.39 is 0 Å². The number of fused-ring (bicyclic) bond motifs is 3. The van der Waals surface area contributed by atoms with Gasteiger partial charge in [0.15, 0.2) is 0 Å². The zero-order valence-electron chi connectivity index (χ0n) is 14.1. The highest BCUT2D eigenvalue weighted by atomic mass is 16.5. The van der Waals surface area contributed by atoms with Gasteiger partial charge in [-0.15, -0.1) is 0 Å². The highest BCUT2D eigenvalue weighted by Gasteiger charge is 2.34. The fraction of sp³-hybridized carbons (Fsp3) is 0.364. The van der Waals surface area contributed by atoms with Crippen LogP contribution in [-0.4, -0.2) is 30.6 Å². The summed E-state index contributed by atoms with van der Waals surface area (Å²) in [6.07, 6.45) is 7.37. The molecule has 3 saturated heterocycles. The molecule has 0 aliphatic carbocycles. The molecular weight excluding hydrogens is 294 g/mol. The molecule has 0 spiro atoms. The lowest BCUT2D eigenvalue weighted by Crippen LogP contribution is -2.51. The molecule has 3 heterocycles. The molecule has 0 radical (unpaired) electrons. The van der Waals surface area contributed by atoms with Crippen LogP contribution in [0.25, 0.3) is 12.2 Å². The zero-order chi connectivity index (χ0) is 16.2. The molecule has 0 aromatic heterocycles. The molecule has 3 aliphatic heterocycles. The minimum absolute atomic E-state index is 0.435. The molecule has 2 aromatic carbocycles. The first kappa shape index (κ1) is 15.6. The second-order valence-corrected chi connectivity index (χ2v) is 6.97. The molecule has 2 aromatic rings. The van der Waals surface area contributed by atoms with Gasteiger partial charge in [-0.25, -0.2) is 0 Å². The standard InChI is InChI=1S/C22H25NO/c1-2-4-18(5-3-1)6-7-19-8-10-20(11-9-19)17-24-22-16-23-14-12-21(22)13-15-23/h1-11,21-22H,12-17H2. The fourth-order valence-electron chi connectivity index (χ4n) is 3.78. The molecule has 3 fully saturated rings. The minimum atomic E-state index is 0.435. The van der Waals surface area contributed by atoms with Crippen LogP contribution in [0.15, 0.2) is 54.6 Å². The molecule has 1 unspecified atom stereocenters. The van der Waals surface area contributed by atoms with Crippen LogP contribution in [-0.2, 0) is 11.3 Å². The summed E-state index contributed by atoms with van der Waals surface area (Å²) in [6.45, 7) is 4.40. The van der Waals surface area contributed by atoms with E-state index in [-0.39, 0.29) is 0 Å². The Kier molecular flexibility index (Phi) is 4.77. The smallest absolute Gasteiger partial charge is 0.0735 e. The van der Waals surface area contributed by atoms with Gasteiger partial charge in [0, 0.05) is 6.54 Å². The lowest BCUT2D eigenvalue weighted by Gasteiger charge is -2.44. The van der Waals surface area contributed by atoms with Crippen molar-refractivity contribution in [3.8, 4) is 0 Å². The van der Waals surface area contributed by atoms with Gasteiger partial charge in [0.05, 0.1) is 12.7 Å². The third-order valence-electron chi connectivity index (χ3n) is 5.31. The average molecular weight is 319 g/mol. The van der Waals surface area contributed by atoms with Gasteiger partial charge in [-0.1, -0.05) is 66.7 Å². The van der Waals surface area contributed by atoms with Gasteiger partial charge < -0.3 is 9.64 Å². The van der Waals surface area contributed by atoms with Crippen molar-refractivity contribution in [1.29, 1.82) is 0 Å². The highest BCUT2D eigenvalue weighted by molar-refractivity contribution is 5.69. The summed E-state index contributed by atoms with van der Waals surface area (Å²) in [5.74, 6) is 0.781. The van der Waals surface area contributed by atoms with E-state index in [1.165, 1.54) is 42.6 Å². The van der Waals surface area contributed by atoms with Gasteiger partial charge in [0.2, 0.25) is 0 Å². The number of ether oxygens (including phenoxy) is 1. The summed E-state index contributed by atoms with van der Waals surface area (Å²) in [5, 5.41) is 0. The molecule has 1 atom stereocenters. The first-order chi connectivity index (χ1) is 11.9. The van der Waals surface area contributed by atoms with E-state index in [0.717, 1.165) is 19.1 Å². The molecule has 0 amide bonds. The fourth-order valence-corrected chi connectivity index (χ4v) is 3.78. The predicted octanol–water partition coefficient (Wildman–Crippen LogP) is 4.47. The second-order valence-electron chi connectivity index (χ2n) is 6.97. The van der Waals surface area contributed by atoms with Crippen LogP contribution >= 0.6 is 0 Å². The van der Waals surface area contributed by atoms with Crippen LogP contribution in [0.1, 0.15) is 29.5 Å². The Labute approximate surface area is 144 Å². The monoisotopic (exact) mass is 319 g/mol. The number of benzene rings is 2. The average Bonchev–Trinajstić information content (AvgIpc) is 2.67. The van der Waals surface area contributed by atoms with Gasteiger partial charge in [0.1, 0.15) is 0 Å². The maximum atomic E-state index is 6.21. The zero-order valence-corrected chi connectivity index (χ0v) is 14.1. The first-order valence-electron chi connectivity index (χ1n) is 9.03. The van der Waals surface area contributed by atoms with Crippen LogP contribution in [0, 0.1) is 5.92 Å². The normalized spacial score (nSPS) is 26.1. The summed E-state index contributed by atoms with van der Waals surface area (Å²) in [7, 11) is 0. The number of piperidine rings is 3. The van der Waals surface area contributed by atoms with Crippen molar-refractivity contribution in [2.24, 2.45) is 5.92 Å². The number of hydrogen-bond donors (Lipinski definition) is 0. The van der Waals surface area contributed by atoms with Crippen molar-refractivity contribution in [2.75, 3.05) is 19.6 Å². The van der Waals surface area contributed by atoms with E-state index in [4.69, 9.17) is 4.74 Å². The van der Waals surface area contributed by atoms with E-state index in [9.17, 15) is 0 Å². The molecule has 124 valence electrons. The largest absolute Gasteiger partial charge is 0.372 e. The number of rotatable bonds is 5. The molecule has 5 rings (SSSR count). The van der Waals surface area contributed by atoms with E-state index >= 15 is 0 Å². The molecule has 2 heteroatoms.